The van der Waals surface area contributed by atoms with Crippen LogP contribution in [0.1, 0.15) is 22.8 Å². The molecule has 0 radical (unpaired) electrons. The highest BCUT2D eigenvalue weighted by Crippen LogP contribution is 2.28. The number of aromatic nitrogens is 1. The third kappa shape index (κ3) is 4.75. The lowest BCUT2D eigenvalue weighted by molar-refractivity contribution is 0.132. The van der Waals surface area contributed by atoms with E-state index in [0.29, 0.717) is 13.1 Å². The molecule has 2 fully saturated rings. The Morgan fingerprint density at radius 1 is 0.844 bits per heavy atom. The number of benzene rings is 2. The van der Waals surface area contributed by atoms with Gasteiger partial charge in [0.2, 0.25) is 0 Å². The first-order valence-electron chi connectivity index (χ1n) is 11.2. The van der Waals surface area contributed by atoms with Crippen LogP contribution in [0.2, 0.25) is 0 Å². The van der Waals surface area contributed by atoms with Crippen molar-refractivity contribution in [2.45, 2.75) is 19.2 Å². The molecular weight excluding hydrogens is 400 g/mol. The zero-order valence-electron chi connectivity index (χ0n) is 18.1. The quantitative estimate of drug-likeness (QED) is 0.592. The molecule has 6 nitrogen and oxygen atoms in total. The molecule has 164 valence electrons. The number of rotatable bonds is 6. The first-order chi connectivity index (χ1) is 15.7. The highest BCUT2D eigenvalue weighted by atomic mass is 16.6. The van der Waals surface area contributed by atoms with E-state index < -0.39 is 0 Å². The summed E-state index contributed by atoms with van der Waals surface area (Å²) in [5, 5.41) is 0. The molecule has 0 aliphatic carbocycles. The fraction of sp³-hybridized carbons (Fsp3) is 0.308. The molecule has 3 aromatic rings. The number of carbonyl (C=O) groups is 1. The Bertz CT molecular complexity index is 1040. The van der Waals surface area contributed by atoms with Gasteiger partial charge >= 0.3 is 6.09 Å². The highest BCUT2D eigenvalue weighted by Gasteiger charge is 2.32. The summed E-state index contributed by atoms with van der Waals surface area (Å²) in [6.45, 7) is 6.18. The minimum absolute atomic E-state index is 0.194. The number of pyridine rings is 1. The average Bonchev–Trinajstić information content (AvgIpc) is 3.21. The van der Waals surface area contributed by atoms with E-state index in [1.807, 2.05) is 42.7 Å². The van der Waals surface area contributed by atoms with E-state index in [2.05, 4.69) is 51.2 Å². The zero-order valence-corrected chi connectivity index (χ0v) is 18.1. The maximum absolute atomic E-state index is 12.4. The smallest absolute Gasteiger partial charge is 0.410 e. The Morgan fingerprint density at radius 3 is 2.41 bits per heavy atom. The van der Waals surface area contributed by atoms with Crippen molar-refractivity contribution in [1.82, 2.24) is 14.8 Å². The maximum atomic E-state index is 12.4. The van der Waals surface area contributed by atoms with Crippen LogP contribution >= 0.6 is 0 Å². The van der Waals surface area contributed by atoms with Gasteiger partial charge in [-0.05, 0) is 41.0 Å². The number of carbonyl (C=O) groups excluding carboxylic acids is 1. The first-order valence-corrected chi connectivity index (χ1v) is 11.2. The van der Waals surface area contributed by atoms with E-state index in [1.165, 1.54) is 11.3 Å². The predicted molar refractivity (Wildman–Crippen MR) is 124 cm³/mol. The third-order valence-corrected chi connectivity index (χ3v) is 6.24. The van der Waals surface area contributed by atoms with Crippen LogP contribution in [-0.2, 0) is 17.8 Å². The molecule has 0 saturated carbocycles. The predicted octanol–water partition coefficient (Wildman–Crippen LogP) is 4.10. The van der Waals surface area contributed by atoms with Crippen molar-refractivity contribution in [1.29, 1.82) is 0 Å². The number of piperazine rings is 1. The van der Waals surface area contributed by atoms with Crippen molar-refractivity contribution >= 4 is 11.8 Å². The molecule has 1 aromatic heterocycles. The highest BCUT2D eigenvalue weighted by molar-refractivity contribution is 5.70. The number of cyclic esters (lactones) is 1. The summed E-state index contributed by atoms with van der Waals surface area (Å²) in [7, 11) is 0. The van der Waals surface area contributed by atoms with Crippen LogP contribution in [0.15, 0.2) is 79.1 Å². The van der Waals surface area contributed by atoms with Gasteiger partial charge in [0, 0.05) is 57.3 Å². The van der Waals surface area contributed by atoms with Crippen LogP contribution in [0.25, 0.3) is 0 Å². The molecule has 1 atom stereocenters. The molecule has 32 heavy (non-hydrogen) atoms. The summed E-state index contributed by atoms with van der Waals surface area (Å²) in [5.74, 6) is 0. The molecule has 5 rings (SSSR count). The fourth-order valence-electron chi connectivity index (χ4n) is 4.46. The summed E-state index contributed by atoms with van der Waals surface area (Å²) in [6.07, 6.45) is 3.28. The number of ether oxygens (including phenoxy) is 1. The summed E-state index contributed by atoms with van der Waals surface area (Å²) < 4.78 is 5.61. The molecule has 1 unspecified atom stereocenters. The van der Waals surface area contributed by atoms with Gasteiger partial charge < -0.3 is 9.64 Å². The Balaban J connectivity index is 1.18. The van der Waals surface area contributed by atoms with Gasteiger partial charge in [0.05, 0.1) is 6.54 Å². The average molecular weight is 429 g/mol. The van der Waals surface area contributed by atoms with E-state index in [4.69, 9.17) is 4.74 Å². The Hall–Kier alpha value is -3.38. The number of amides is 1. The maximum Gasteiger partial charge on any atom is 0.410 e. The van der Waals surface area contributed by atoms with Gasteiger partial charge in [-0.3, -0.25) is 14.8 Å². The molecule has 2 aliphatic rings. The van der Waals surface area contributed by atoms with Crippen LogP contribution in [0, 0.1) is 0 Å². The number of hydrogen-bond donors (Lipinski definition) is 0. The van der Waals surface area contributed by atoms with E-state index in [9.17, 15) is 4.79 Å². The zero-order chi connectivity index (χ0) is 21.8. The third-order valence-electron chi connectivity index (χ3n) is 6.24. The molecular formula is C26H28N4O2. The summed E-state index contributed by atoms with van der Waals surface area (Å²) >= 11 is 0. The summed E-state index contributed by atoms with van der Waals surface area (Å²) in [6, 6.07) is 22.7. The normalized spacial score (nSPS) is 19.2. The molecule has 2 saturated heterocycles. The second-order valence-corrected chi connectivity index (χ2v) is 8.45. The van der Waals surface area contributed by atoms with Gasteiger partial charge in [-0.1, -0.05) is 42.5 Å². The minimum atomic E-state index is -0.242. The van der Waals surface area contributed by atoms with Crippen LogP contribution in [-0.4, -0.2) is 53.6 Å². The Morgan fingerprint density at radius 2 is 1.62 bits per heavy atom. The molecule has 0 N–H and O–H groups in total. The fourth-order valence-corrected chi connectivity index (χ4v) is 4.46. The van der Waals surface area contributed by atoms with Crippen LogP contribution in [0.5, 0.6) is 0 Å². The van der Waals surface area contributed by atoms with Crippen LogP contribution in [0.3, 0.4) is 0 Å². The van der Waals surface area contributed by atoms with E-state index in [-0.39, 0.29) is 12.2 Å². The lowest BCUT2D eigenvalue weighted by atomic mass is 10.1. The van der Waals surface area contributed by atoms with E-state index in [1.54, 1.807) is 4.90 Å². The topological polar surface area (TPSA) is 48.9 Å². The van der Waals surface area contributed by atoms with Gasteiger partial charge in [-0.25, -0.2) is 4.79 Å². The second-order valence-electron chi connectivity index (χ2n) is 8.45. The van der Waals surface area contributed by atoms with Crippen LogP contribution < -0.4 is 4.90 Å². The van der Waals surface area contributed by atoms with E-state index >= 15 is 0 Å². The van der Waals surface area contributed by atoms with Crippen molar-refractivity contribution in [2.24, 2.45) is 0 Å². The Labute approximate surface area is 189 Å². The number of hydrogen-bond acceptors (Lipinski definition) is 5. The van der Waals surface area contributed by atoms with Gasteiger partial charge in [0.1, 0.15) is 6.10 Å². The minimum Gasteiger partial charge on any atom is -0.439 e. The van der Waals surface area contributed by atoms with Gasteiger partial charge in [0.25, 0.3) is 0 Å². The van der Waals surface area contributed by atoms with Gasteiger partial charge in [-0.2, -0.15) is 0 Å². The van der Waals surface area contributed by atoms with Crippen molar-refractivity contribution in [3.63, 3.8) is 0 Å². The molecule has 2 aromatic carbocycles. The largest absolute Gasteiger partial charge is 0.439 e. The van der Waals surface area contributed by atoms with Crippen molar-refractivity contribution < 1.29 is 9.53 Å². The summed E-state index contributed by atoms with van der Waals surface area (Å²) in [4.78, 5) is 23.2. The standard InChI is InChI=1S/C26H28N4O2/c31-26-30(20-25(32-26)23-6-2-1-3-7-23)19-22-5-4-8-24(17-22)29-15-13-28(14-16-29)18-21-9-11-27-12-10-21/h1-12,17,25H,13-16,18-20H2. The monoisotopic (exact) mass is 428 g/mol. The molecule has 1 amide bonds. The van der Waals surface area contributed by atoms with Gasteiger partial charge in [-0.15, -0.1) is 0 Å². The van der Waals surface area contributed by atoms with Crippen molar-refractivity contribution in [3.8, 4) is 0 Å². The lowest BCUT2D eigenvalue weighted by Crippen LogP contribution is -2.46. The second kappa shape index (κ2) is 9.40. The molecule has 0 spiro atoms. The molecule has 6 heteroatoms. The van der Waals surface area contributed by atoms with Crippen molar-refractivity contribution in [3.05, 3.63) is 95.8 Å². The number of anilines is 1. The lowest BCUT2D eigenvalue weighted by Gasteiger charge is -2.36. The molecule has 2 aliphatic heterocycles. The number of nitrogens with zero attached hydrogens (tertiary/aromatic N) is 4. The summed E-state index contributed by atoms with van der Waals surface area (Å²) in [5.41, 5.74) is 4.70. The molecule has 3 heterocycles. The van der Waals surface area contributed by atoms with E-state index in [0.717, 1.165) is 43.9 Å². The van der Waals surface area contributed by atoms with Crippen LogP contribution in [0.4, 0.5) is 10.5 Å². The molecule has 0 bridgehead atoms. The SMILES string of the molecule is O=C1OC(c2ccccc2)CN1Cc1cccc(N2CCN(Cc3ccncc3)CC2)c1. The van der Waals surface area contributed by atoms with Crippen molar-refractivity contribution in [2.75, 3.05) is 37.6 Å². The van der Waals surface area contributed by atoms with Gasteiger partial charge in [0.15, 0.2) is 0 Å². The Kier molecular flexibility index (Phi) is 6.03. The first kappa shape index (κ1) is 20.5.